The summed E-state index contributed by atoms with van der Waals surface area (Å²) in [7, 11) is 2.03. The van der Waals surface area contributed by atoms with E-state index in [1.165, 1.54) is 0 Å². The van der Waals surface area contributed by atoms with Crippen LogP contribution in [0, 0.1) is 0 Å². The summed E-state index contributed by atoms with van der Waals surface area (Å²) in [5.41, 5.74) is 5.02. The molecule has 0 spiro atoms. The molecule has 2 heterocycles. The van der Waals surface area contributed by atoms with Gasteiger partial charge in [-0.25, -0.2) is 0 Å². The average molecular weight is 241 g/mol. The van der Waals surface area contributed by atoms with Crippen LogP contribution in [0.2, 0.25) is 0 Å². The van der Waals surface area contributed by atoms with Crippen molar-refractivity contribution in [1.29, 1.82) is 0 Å². The molecule has 5 heteroatoms. The number of carbonyl (C=O) groups is 1. The number of hydrogen-bond donors (Lipinski definition) is 2. The minimum Gasteiger partial charge on any atom is -0.377 e. The van der Waals surface area contributed by atoms with Crippen molar-refractivity contribution in [2.75, 3.05) is 33.3 Å². The first kappa shape index (κ1) is 12.8. The van der Waals surface area contributed by atoms with E-state index in [1.807, 2.05) is 7.05 Å². The van der Waals surface area contributed by atoms with Crippen LogP contribution < -0.4 is 11.1 Å². The SMILES string of the molecule is CN1CCCC(NCC2CCCO2)(C(N)=O)C1. The molecule has 0 saturated carbocycles. The van der Waals surface area contributed by atoms with Crippen molar-refractivity contribution in [3.8, 4) is 0 Å². The van der Waals surface area contributed by atoms with Crippen LogP contribution in [0.1, 0.15) is 25.7 Å². The largest absolute Gasteiger partial charge is 0.377 e. The number of ether oxygens (including phenoxy) is 1. The van der Waals surface area contributed by atoms with Crippen LogP contribution in [0.25, 0.3) is 0 Å². The first-order valence-corrected chi connectivity index (χ1v) is 6.47. The quantitative estimate of drug-likeness (QED) is 0.709. The Kier molecular flexibility index (Phi) is 4.01. The number of nitrogens with two attached hydrogens (primary N) is 1. The van der Waals surface area contributed by atoms with Crippen molar-refractivity contribution in [1.82, 2.24) is 10.2 Å². The van der Waals surface area contributed by atoms with Gasteiger partial charge in [-0.3, -0.25) is 10.1 Å². The van der Waals surface area contributed by atoms with Gasteiger partial charge in [-0.1, -0.05) is 0 Å². The van der Waals surface area contributed by atoms with Gasteiger partial charge < -0.3 is 15.4 Å². The summed E-state index contributed by atoms with van der Waals surface area (Å²) >= 11 is 0. The Morgan fingerprint density at radius 1 is 1.59 bits per heavy atom. The monoisotopic (exact) mass is 241 g/mol. The lowest BCUT2D eigenvalue weighted by Gasteiger charge is -2.40. The Morgan fingerprint density at radius 3 is 3.00 bits per heavy atom. The van der Waals surface area contributed by atoms with Gasteiger partial charge in [0.1, 0.15) is 5.54 Å². The van der Waals surface area contributed by atoms with Crippen LogP contribution in [-0.2, 0) is 9.53 Å². The average Bonchev–Trinajstić information content (AvgIpc) is 2.79. The van der Waals surface area contributed by atoms with E-state index in [1.54, 1.807) is 0 Å². The summed E-state index contributed by atoms with van der Waals surface area (Å²) in [6.45, 7) is 3.32. The van der Waals surface area contributed by atoms with E-state index in [9.17, 15) is 4.79 Å². The van der Waals surface area contributed by atoms with Gasteiger partial charge in [-0.05, 0) is 39.3 Å². The van der Waals surface area contributed by atoms with Crippen LogP contribution in [0.3, 0.4) is 0 Å². The van der Waals surface area contributed by atoms with Gasteiger partial charge in [0.15, 0.2) is 0 Å². The number of likely N-dealkylation sites (N-methyl/N-ethyl adjacent to an activating group) is 1. The number of carbonyl (C=O) groups excluding carboxylic acids is 1. The van der Waals surface area contributed by atoms with Crippen molar-refractivity contribution in [3.63, 3.8) is 0 Å². The molecule has 2 aliphatic heterocycles. The molecule has 2 saturated heterocycles. The van der Waals surface area contributed by atoms with Crippen molar-refractivity contribution in [2.24, 2.45) is 5.73 Å². The van der Waals surface area contributed by atoms with Crippen LogP contribution in [0.15, 0.2) is 0 Å². The van der Waals surface area contributed by atoms with Gasteiger partial charge in [0.05, 0.1) is 6.10 Å². The number of rotatable bonds is 4. The summed E-state index contributed by atoms with van der Waals surface area (Å²) in [5, 5.41) is 3.37. The van der Waals surface area contributed by atoms with Crippen molar-refractivity contribution >= 4 is 5.91 Å². The molecule has 1 amide bonds. The standard InChI is InChI=1S/C12H23N3O2/c1-15-6-3-5-12(9-15,11(13)16)14-8-10-4-2-7-17-10/h10,14H,2-9H2,1H3,(H2,13,16). The molecule has 17 heavy (non-hydrogen) atoms. The normalized spacial score (nSPS) is 35.0. The molecular formula is C12H23N3O2. The second kappa shape index (κ2) is 5.33. The fourth-order valence-electron chi connectivity index (χ4n) is 2.82. The van der Waals surface area contributed by atoms with Gasteiger partial charge in [-0.15, -0.1) is 0 Å². The Morgan fingerprint density at radius 2 is 2.41 bits per heavy atom. The summed E-state index contributed by atoms with van der Waals surface area (Å²) in [4.78, 5) is 13.9. The van der Waals surface area contributed by atoms with Gasteiger partial charge in [0, 0.05) is 19.7 Å². The number of hydrogen-bond acceptors (Lipinski definition) is 4. The molecule has 5 nitrogen and oxygen atoms in total. The van der Waals surface area contributed by atoms with Crippen LogP contribution in [0.5, 0.6) is 0 Å². The molecule has 2 aliphatic rings. The summed E-state index contributed by atoms with van der Waals surface area (Å²) in [6.07, 6.45) is 4.30. The molecule has 2 rings (SSSR count). The van der Waals surface area contributed by atoms with E-state index >= 15 is 0 Å². The molecule has 0 bridgehead atoms. The van der Waals surface area contributed by atoms with Crippen molar-refractivity contribution < 1.29 is 9.53 Å². The lowest BCUT2D eigenvalue weighted by atomic mass is 9.88. The number of likely N-dealkylation sites (tertiary alicyclic amines) is 1. The smallest absolute Gasteiger partial charge is 0.239 e. The Hall–Kier alpha value is -0.650. The molecular weight excluding hydrogens is 218 g/mol. The lowest BCUT2D eigenvalue weighted by Crippen LogP contribution is -2.64. The van der Waals surface area contributed by atoms with Gasteiger partial charge in [0.2, 0.25) is 5.91 Å². The highest BCUT2D eigenvalue weighted by Gasteiger charge is 2.40. The second-order valence-electron chi connectivity index (χ2n) is 5.30. The molecule has 0 aromatic rings. The van der Waals surface area contributed by atoms with E-state index in [2.05, 4.69) is 10.2 Å². The van der Waals surface area contributed by atoms with E-state index in [-0.39, 0.29) is 12.0 Å². The molecule has 3 N–H and O–H groups in total. The first-order valence-electron chi connectivity index (χ1n) is 6.47. The van der Waals surface area contributed by atoms with Crippen molar-refractivity contribution in [3.05, 3.63) is 0 Å². The maximum absolute atomic E-state index is 11.7. The third kappa shape index (κ3) is 2.97. The van der Waals surface area contributed by atoms with Gasteiger partial charge in [-0.2, -0.15) is 0 Å². The summed E-state index contributed by atoms with van der Waals surface area (Å²) in [6, 6.07) is 0. The minimum absolute atomic E-state index is 0.234. The Bertz CT molecular complexity index is 279. The first-order chi connectivity index (χ1) is 8.12. The molecule has 2 atom stereocenters. The van der Waals surface area contributed by atoms with Crippen LogP contribution >= 0.6 is 0 Å². The molecule has 98 valence electrons. The highest BCUT2D eigenvalue weighted by molar-refractivity contribution is 5.85. The van der Waals surface area contributed by atoms with E-state index < -0.39 is 5.54 Å². The Labute approximate surface area is 103 Å². The van der Waals surface area contributed by atoms with E-state index in [0.717, 1.165) is 45.4 Å². The van der Waals surface area contributed by atoms with E-state index in [4.69, 9.17) is 10.5 Å². The molecule has 2 unspecified atom stereocenters. The molecule has 0 aromatic carbocycles. The number of piperidine rings is 1. The number of amides is 1. The predicted molar refractivity (Wildman–Crippen MR) is 65.6 cm³/mol. The second-order valence-corrected chi connectivity index (χ2v) is 5.30. The Balaban J connectivity index is 1.93. The highest BCUT2D eigenvalue weighted by Crippen LogP contribution is 2.21. The molecule has 0 radical (unpaired) electrons. The molecule has 0 aliphatic carbocycles. The zero-order valence-corrected chi connectivity index (χ0v) is 10.6. The van der Waals surface area contributed by atoms with Gasteiger partial charge >= 0.3 is 0 Å². The van der Waals surface area contributed by atoms with Crippen molar-refractivity contribution in [2.45, 2.75) is 37.3 Å². The predicted octanol–water partition coefficient (Wildman–Crippen LogP) is -0.295. The van der Waals surface area contributed by atoms with Crippen LogP contribution in [-0.4, -0.2) is 55.7 Å². The summed E-state index contributed by atoms with van der Waals surface area (Å²) < 4.78 is 5.57. The zero-order chi connectivity index (χ0) is 12.3. The fraction of sp³-hybridized carbons (Fsp3) is 0.917. The number of nitrogens with one attached hydrogen (secondary N) is 1. The number of primary amides is 1. The topological polar surface area (TPSA) is 67.6 Å². The molecule has 0 aromatic heterocycles. The number of nitrogens with zero attached hydrogens (tertiary/aromatic N) is 1. The maximum atomic E-state index is 11.7. The van der Waals surface area contributed by atoms with Gasteiger partial charge in [0.25, 0.3) is 0 Å². The zero-order valence-electron chi connectivity index (χ0n) is 10.6. The highest BCUT2D eigenvalue weighted by atomic mass is 16.5. The minimum atomic E-state index is -0.557. The third-order valence-electron chi connectivity index (χ3n) is 3.85. The van der Waals surface area contributed by atoms with Crippen LogP contribution in [0.4, 0.5) is 0 Å². The lowest BCUT2D eigenvalue weighted by molar-refractivity contribution is -0.126. The fourth-order valence-corrected chi connectivity index (χ4v) is 2.82. The maximum Gasteiger partial charge on any atom is 0.239 e. The molecule has 2 fully saturated rings. The summed E-state index contributed by atoms with van der Waals surface area (Å²) in [5.74, 6) is -0.234. The third-order valence-corrected chi connectivity index (χ3v) is 3.85. The van der Waals surface area contributed by atoms with E-state index in [0.29, 0.717) is 6.54 Å².